The third kappa shape index (κ3) is 4.70. The van der Waals surface area contributed by atoms with Crippen LogP contribution in [-0.2, 0) is 4.79 Å². The maximum Gasteiger partial charge on any atom is 0.236 e. The van der Waals surface area contributed by atoms with Gasteiger partial charge in [-0.2, -0.15) is 0 Å². The molecule has 0 aromatic carbocycles. The Labute approximate surface area is 127 Å². The number of rotatable bonds is 5. The first-order valence-electron chi connectivity index (χ1n) is 7.97. The van der Waals surface area contributed by atoms with Crippen molar-refractivity contribution in [2.45, 2.75) is 57.4 Å². The second-order valence-corrected chi connectivity index (χ2v) is 6.63. The summed E-state index contributed by atoms with van der Waals surface area (Å²) in [6, 6.07) is 0.493. The highest BCUT2D eigenvalue weighted by Crippen LogP contribution is 2.23. The van der Waals surface area contributed by atoms with Crippen LogP contribution >= 0.6 is 12.2 Å². The third-order valence-corrected chi connectivity index (χ3v) is 4.63. The monoisotopic (exact) mass is 297 g/mol. The average Bonchev–Trinajstić information content (AvgIpc) is 2.79. The van der Waals surface area contributed by atoms with Crippen LogP contribution in [0.25, 0.3) is 0 Å². The van der Waals surface area contributed by atoms with Gasteiger partial charge in [0.25, 0.3) is 0 Å². The Morgan fingerprint density at radius 2 is 1.65 bits per heavy atom. The molecule has 114 valence electrons. The van der Waals surface area contributed by atoms with Crippen molar-refractivity contribution in [3.8, 4) is 0 Å². The SMILES string of the molecule is NC(=S)CN(CC(=O)N1CCCCCC1)C1CCCC1. The smallest absolute Gasteiger partial charge is 0.236 e. The highest BCUT2D eigenvalue weighted by Gasteiger charge is 2.26. The highest BCUT2D eigenvalue weighted by molar-refractivity contribution is 7.80. The lowest BCUT2D eigenvalue weighted by Crippen LogP contribution is -2.47. The summed E-state index contributed by atoms with van der Waals surface area (Å²) in [6.45, 7) is 2.91. The van der Waals surface area contributed by atoms with E-state index in [0.717, 1.165) is 25.9 Å². The molecule has 1 amide bonds. The molecule has 0 atom stereocenters. The molecule has 0 bridgehead atoms. The van der Waals surface area contributed by atoms with Gasteiger partial charge >= 0.3 is 0 Å². The van der Waals surface area contributed by atoms with Crippen LogP contribution in [0.15, 0.2) is 0 Å². The average molecular weight is 297 g/mol. The van der Waals surface area contributed by atoms with Crippen molar-refractivity contribution in [3.05, 3.63) is 0 Å². The van der Waals surface area contributed by atoms with Crippen molar-refractivity contribution in [3.63, 3.8) is 0 Å². The van der Waals surface area contributed by atoms with Crippen LogP contribution in [0.2, 0.25) is 0 Å². The van der Waals surface area contributed by atoms with Gasteiger partial charge in [0, 0.05) is 25.7 Å². The second-order valence-electron chi connectivity index (χ2n) is 6.10. The Bertz CT molecular complexity index is 334. The third-order valence-electron chi connectivity index (χ3n) is 4.50. The van der Waals surface area contributed by atoms with Gasteiger partial charge in [-0.3, -0.25) is 9.69 Å². The molecule has 0 aromatic heterocycles. The summed E-state index contributed by atoms with van der Waals surface area (Å²) >= 11 is 5.05. The first-order valence-corrected chi connectivity index (χ1v) is 8.38. The summed E-state index contributed by atoms with van der Waals surface area (Å²) in [5, 5.41) is 0. The van der Waals surface area contributed by atoms with Gasteiger partial charge in [-0.25, -0.2) is 0 Å². The molecule has 1 heterocycles. The first kappa shape index (κ1) is 15.7. The van der Waals surface area contributed by atoms with E-state index in [1.807, 2.05) is 4.90 Å². The van der Waals surface area contributed by atoms with Gasteiger partial charge in [0.1, 0.15) is 0 Å². The van der Waals surface area contributed by atoms with E-state index in [9.17, 15) is 4.79 Å². The Hall–Kier alpha value is -0.680. The lowest BCUT2D eigenvalue weighted by Gasteiger charge is -2.30. The lowest BCUT2D eigenvalue weighted by atomic mass is 10.2. The fraction of sp³-hybridized carbons (Fsp3) is 0.867. The zero-order chi connectivity index (χ0) is 14.4. The zero-order valence-electron chi connectivity index (χ0n) is 12.4. The number of hydrogen-bond acceptors (Lipinski definition) is 3. The molecule has 1 saturated heterocycles. The largest absolute Gasteiger partial charge is 0.392 e. The molecule has 0 spiro atoms. The molecule has 2 fully saturated rings. The van der Waals surface area contributed by atoms with E-state index in [-0.39, 0.29) is 5.91 Å². The number of carbonyl (C=O) groups excluding carboxylic acids is 1. The van der Waals surface area contributed by atoms with Gasteiger partial charge in [0.05, 0.1) is 11.5 Å². The molecule has 1 saturated carbocycles. The summed E-state index contributed by atoms with van der Waals surface area (Å²) in [6.07, 6.45) is 9.67. The van der Waals surface area contributed by atoms with Crippen LogP contribution < -0.4 is 5.73 Å². The Morgan fingerprint density at radius 1 is 1.05 bits per heavy atom. The molecule has 20 heavy (non-hydrogen) atoms. The summed E-state index contributed by atoms with van der Waals surface area (Å²) in [5.74, 6) is 0.259. The van der Waals surface area contributed by atoms with Crippen LogP contribution in [-0.4, -0.2) is 52.9 Å². The van der Waals surface area contributed by atoms with Crippen molar-refractivity contribution in [2.75, 3.05) is 26.2 Å². The zero-order valence-corrected chi connectivity index (χ0v) is 13.2. The van der Waals surface area contributed by atoms with Gasteiger partial charge in [-0.05, 0) is 25.7 Å². The second kappa shape index (κ2) is 7.93. The molecule has 5 heteroatoms. The molecule has 2 rings (SSSR count). The van der Waals surface area contributed by atoms with Gasteiger partial charge in [-0.1, -0.05) is 37.9 Å². The first-order chi connectivity index (χ1) is 9.66. The number of likely N-dealkylation sites (tertiary alicyclic amines) is 1. The number of carbonyl (C=O) groups is 1. The molecule has 1 aliphatic heterocycles. The predicted molar refractivity (Wildman–Crippen MR) is 85.7 cm³/mol. The summed E-state index contributed by atoms with van der Waals surface area (Å²) in [7, 11) is 0. The molecule has 0 radical (unpaired) electrons. The van der Waals surface area contributed by atoms with Gasteiger partial charge in [0.2, 0.25) is 5.91 Å². The maximum absolute atomic E-state index is 12.5. The fourth-order valence-electron chi connectivity index (χ4n) is 3.38. The quantitative estimate of drug-likeness (QED) is 0.788. The van der Waals surface area contributed by atoms with Gasteiger partial charge < -0.3 is 10.6 Å². The van der Waals surface area contributed by atoms with E-state index in [2.05, 4.69) is 4.90 Å². The number of nitrogens with two attached hydrogens (primary N) is 1. The minimum Gasteiger partial charge on any atom is -0.392 e. The van der Waals surface area contributed by atoms with Crippen LogP contribution in [0.3, 0.4) is 0 Å². The molecule has 2 N–H and O–H groups in total. The topological polar surface area (TPSA) is 49.6 Å². The minimum absolute atomic E-state index is 0.259. The molecular weight excluding hydrogens is 270 g/mol. The summed E-state index contributed by atoms with van der Waals surface area (Å²) < 4.78 is 0. The molecule has 0 unspecified atom stereocenters. The number of hydrogen-bond donors (Lipinski definition) is 1. The highest BCUT2D eigenvalue weighted by atomic mass is 32.1. The molecule has 4 nitrogen and oxygen atoms in total. The molecule has 2 aliphatic rings. The van der Waals surface area contributed by atoms with Crippen LogP contribution in [0.5, 0.6) is 0 Å². The Balaban J connectivity index is 1.91. The van der Waals surface area contributed by atoms with Crippen molar-refractivity contribution < 1.29 is 4.79 Å². The number of thiocarbonyl (C=S) groups is 1. The van der Waals surface area contributed by atoms with Gasteiger partial charge in [0.15, 0.2) is 0 Å². The normalized spacial score (nSPS) is 21.1. The predicted octanol–water partition coefficient (Wildman–Crippen LogP) is 1.92. The van der Waals surface area contributed by atoms with Crippen LogP contribution in [0.1, 0.15) is 51.4 Å². The van der Waals surface area contributed by atoms with E-state index in [1.165, 1.54) is 38.5 Å². The Morgan fingerprint density at radius 3 is 2.20 bits per heavy atom. The van der Waals surface area contributed by atoms with E-state index >= 15 is 0 Å². The van der Waals surface area contributed by atoms with E-state index in [4.69, 9.17) is 18.0 Å². The van der Waals surface area contributed by atoms with Gasteiger partial charge in [-0.15, -0.1) is 0 Å². The van der Waals surface area contributed by atoms with E-state index < -0.39 is 0 Å². The molecule has 1 aliphatic carbocycles. The molecule has 0 aromatic rings. The standard InChI is InChI=1S/C15H27N3OS/c16-14(20)11-18(13-7-3-4-8-13)12-15(19)17-9-5-1-2-6-10-17/h13H,1-12H2,(H2,16,20). The summed E-state index contributed by atoms with van der Waals surface area (Å²) in [4.78, 5) is 17.2. The minimum atomic E-state index is 0.259. The lowest BCUT2D eigenvalue weighted by molar-refractivity contribution is -0.132. The van der Waals surface area contributed by atoms with Crippen molar-refractivity contribution in [1.29, 1.82) is 0 Å². The number of nitrogens with zero attached hydrogens (tertiary/aromatic N) is 2. The van der Waals surface area contributed by atoms with Crippen LogP contribution in [0, 0.1) is 0 Å². The number of amides is 1. The van der Waals surface area contributed by atoms with Crippen molar-refractivity contribution >= 4 is 23.1 Å². The van der Waals surface area contributed by atoms with Crippen molar-refractivity contribution in [1.82, 2.24) is 9.80 Å². The Kier molecular flexibility index (Phi) is 6.23. The molecular formula is C15H27N3OS. The van der Waals surface area contributed by atoms with E-state index in [0.29, 0.717) is 24.1 Å². The maximum atomic E-state index is 12.5. The van der Waals surface area contributed by atoms with E-state index in [1.54, 1.807) is 0 Å². The van der Waals surface area contributed by atoms with Crippen molar-refractivity contribution in [2.24, 2.45) is 5.73 Å². The fourth-order valence-corrected chi connectivity index (χ4v) is 3.54. The summed E-state index contributed by atoms with van der Waals surface area (Å²) in [5.41, 5.74) is 5.71. The van der Waals surface area contributed by atoms with Crippen LogP contribution in [0.4, 0.5) is 0 Å².